The lowest BCUT2D eigenvalue weighted by molar-refractivity contribution is 0.0672. The zero-order valence-corrected chi connectivity index (χ0v) is 11.5. The SMILES string of the molecule is CC1CCC(N(C)C(=O)c2ccc(NN)nn2)CC1. The first-order valence-electron chi connectivity index (χ1n) is 6.69. The van der Waals surface area contributed by atoms with E-state index in [1.54, 1.807) is 17.0 Å². The summed E-state index contributed by atoms with van der Waals surface area (Å²) in [7, 11) is 1.85. The lowest BCUT2D eigenvalue weighted by Gasteiger charge is -2.33. The zero-order valence-electron chi connectivity index (χ0n) is 11.5. The van der Waals surface area contributed by atoms with Gasteiger partial charge in [0, 0.05) is 13.1 Å². The maximum atomic E-state index is 12.3. The van der Waals surface area contributed by atoms with Gasteiger partial charge in [-0.3, -0.25) is 4.79 Å². The van der Waals surface area contributed by atoms with E-state index in [0.717, 1.165) is 18.8 Å². The number of nitrogens with two attached hydrogens (primary N) is 1. The summed E-state index contributed by atoms with van der Waals surface area (Å²) in [5.74, 6) is 6.37. The van der Waals surface area contributed by atoms with Crippen molar-refractivity contribution >= 4 is 11.7 Å². The summed E-state index contributed by atoms with van der Waals surface area (Å²) in [6.07, 6.45) is 4.51. The van der Waals surface area contributed by atoms with Crippen LogP contribution in [0.2, 0.25) is 0 Å². The van der Waals surface area contributed by atoms with Crippen molar-refractivity contribution in [3.63, 3.8) is 0 Å². The maximum Gasteiger partial charge on any atom is 0.274 e. The van der Waals surface area contributed by atoms with Gasteiger partial charge in [-0.25, -0.2) is 5.84 Å². The smallest absolute Gasteiger partial charge is 0.274 e. The number of hydrazine groups is 1. The maximum absolute atomic E-state index is 12.3. The Kier molecular flexibility index (Phi) is 4.31. The number of nitrogens with zero attached hydrogens (tertiary/aromatic N) is 3. The highest BCUT2D eigenvalue weighted by Gasteiger charge is 2.26. The topological polar surface area (TPSA) is 84.1 Å². The van der Waals surface area contributed by atoms with Crippen LogP contribution in [0.25, 0.3) is 0 Å². The fourth-order valence-electron chi connectivity index (χ4n) is 2.50. The predicted molar refractivity (Wildman–Crippen MR) is 73.4 cm³/mol. The number of hydrogen-bond donors (Lipinski definition) is 2. The predicted octanol–water partition coefficient (Wildman–Crippen LogP) is 1.41. The summed E-state index contributed by atoms with van der Waals surface area (Å²) >= 11 is 0. The van der Waals surface area contributed by atoms with Crippen LogP contribution in [0.3, 0.4) is 0 Å². The molecule has 0 aliphatic heterocycles. The van der Waals surface area contributed by atoms with Gasteiger partial charge in [-0.2, -0.15) is 0 Å². The first-order chi connectivity index (χ1) is 9.11. The standard InChI is InChI=1S/C13H21N5O/c1-9-3-5-10(6-4-9)18(2)13(19)11-7-8-12(15-14)17-16-11/h7-10H,3-6,14H2,1-2H3,(H,15,17). The van der Waals surface area contributed by atoms with Gasteiger partial charge >= 0.3 is 0 Å². The highest BCUT2D eigenvalue weighted by molar-refractivity contribution is 5.92. The van der Waals surface area contributed by atoms with E-state index in [9.17, 15) is 4.79 Å². The Morgan fingerprint density at radius 2 is 2.00 bits per heavy atom. The third-order valence-electron chi connectivity index (χ3n) is 3.88. The first kappa shape index (κ1) is 13.7. The molecule has 0 saturated heterocycles. The molecular formula is C13H21N5O. The van der Waals surface area contributed by atoms with Crippen LogP contribution in [-0.2, 0) is 0 Å². The van der Waals surface area contributed by atoms with Crippen molar-refractivity contribution in [1.82, 2.24) is 15.1 Å². The van der Waals surface area contributed by atoms with Gasteiger partial charge in [0.15, 0.2) is 11.5 Å². The van der Waals surface area contributed by atoms with Crippen LogP contribution in [0.15, 0.2) is 12.1 Å². The quantitative estimate of drug-likeness (QED) is 0.636. The molecule has 1 fully saturated rings. The Bertz CT molecular complexity index is 425. The Morgan fingerprint density at radius 1 is 1.32 bits per heavy atom. The Hall–Kier alpha value is -1.69. The molecule has 1 aliphatic carbocycles. The van der Waals surface area contributed by atoms with Crippen LogP contribution < -0.4 is 11.3 Å². The average molecular weight is 263 g/mol. The molecule has 19 heavy (non-hydrogen) atoms. The Balaban J connectivity index is 2.01. The van der Waals surface area contributed by atoms with Crippen LogP contribution >= 0.6 is 0 Å². The monoisotopic (exact) mass is 263 g/mol. The van der Waals surface area contributed by atoms with E-state index >= 15 is 0 Å². The minimum Gasteiger partial charge on any atom is -0.337 e. The summed E-state index contributed by atoms with van der Waals surface area (Å²) < 4.78 is 0. The van der Waals surface area contributed by atoms with Gasteiger partial charge < -0.3 is 10.3 Å². The summed E-state index contributed by atoms with van der Waals surface area (Å²) in [6.45, 7) is 2.27. The Morgan fingerprint density at radius 3 is 2.53 bits per heavy atom. The first-order valence-corrected chi connectivity index (χ1v) is 6.69. The van der Waals surface area contributed by atoms with Crippen LogP contribution in [-0.4, -0.2) is 34.1 Å². The number of rotatable bonds is 3. The molecule has 3 N–H and O–H groups in total. The largest absolute Gasteiger partial charge is 0.337 e. The van der Waals surface area contributed by atoms with E-state index < -0.39 is 0 Å². The van der Waals surface area contributed by atoms with E-state index in [1.807, 2.05) is 7.05 Å². The van der Waals surface area contributed by atoms with Crippen LogP contribution in [0, 0.1) is 5.92 Å². The van der Waals surface area contributed by atoms with Gasteiger partial charge in [0.1, 0.15) is 0 Å². The minimum atomic E-state index is -0.0735. The molecule has 0 unspecified atom stereocenters. The molecule has 6 nitrogen and oxygen atoms in total. The van der Waals surface area contributed by atoms with Crippen molar-refractivity contribution in [3.8, 4) is 0 Å². The van der Waals surface area contributed by atoms with E-state index in [1.165, 1.54) is 12.8 Å². The summed E-state index contributed by atoms with van der Waals surface area (Å²) in [6, 6.07) is 3.61. The van der Waals surface area contributed by atoms with Crippen molar-refractivity contribution in [1.29, 1.82) is 0 Å². The number of aromatic nitrogens is 2. The molecule has 1 aliphatic rings. The van der Waals surface area contributed by atoms with Gasteiger partial charge in [-0.1, -0.05) is 6.92 Å². The molecule has 104 valence electrons. The fourth-order valence-corrected chi connectivity index (χ4v) is 2.50. The van der Waals surface area contributed by atoms with Gasteiger partial charge in [0.25, 0.3) is 5.91 Å². The van der Waals surface area contributed by atoms with Crippen molar-refractivity contribution in [2.45, 2.75) is 38.6 Å². The van der Waals surface area contributed by atoms with Crippen molar-refractivity contribution in [2.75, 3.05) is 12.5 Å². The number of anilines is 1. The van der Waals surface area contributed by atoms with E-state index in [4.69, 9.17) is 5.84 Å². The van der Waals surface area contributed by atoms with Gasteiger partial charge in [-0.15, -0.1) is 10.2 Å². The minimum absolute atomic E-state index is 0.0735. The molecule has 1 aromatic heterocycles. The van der Waals surface area contributed by atoms with Crippen LogP contribution in [0.1, 0.15) is 43.1 Å². The molecule has 0 radical (unpaired) electrons. The van der Waals surface area contributed by atoms with E-state index in [2.05, 4.69) is 22.5 Å². The molecular weight excluding hydrogens is 242 g/mol. The van der Waals surface area contributed by atoms with Crippen molar-refractivity contribution < 1.29 is 4.79 Å². The highest BCUT2D eigenvalue weighted by atomic mass is 16.2. The molecule has 6 heteroatoms. The fraction of sp³-hybridized carbons (Fsp3) is 0.615. The summed E-state index contributed by atoms with van der Waals surface area (Å²) in [5.41, 5.74) is 2.75. The number of carbonyl (C=O) groups excluding carboxylic acids is 1. The second-order valence-electron chi connectivity index (χ2n) is 5.28. The van der Waals surface area contributed by atoms with Gasteiger partial charge in [-0.05, 0) is 43.7 Å². The molecule has 2 rings (SSSR count). The number of nitrogens with one attached hydrogen (secondary N) is 1. The average Bonchev–Trinajstić information content (AvgIpc) is 2.46. The molecule has 1 amide bonds. The molecule has 1 heterocycles. The van der Waals surface area contributed by atoms with Crippen molar-refractivity contribution in [2.24, 2.45) is 11.8 Å². The second-order valence-corrected chi connectivity index (χ2v) is 5.28. The third-order valence-corrected chi connectivity index (χ3v) is 3.88. The molecule has 0 aromatic carbocycles. The Labute approximate surface area is 113 Å². The molecule has 0 bridgehead atoms. The molecule has 0 atom stereocenters. The summed E-state index contributed by atoms with van der Waals surface area (Å²) in [4.78, 5) is 14.1. The lowest BCUT2D eigenvalue weighted by atomic mass is 9.86. The zero-order chi connectivity index (χ0) is 13.8. The lowest BCUT2D eigenvalue weighted by Crippen LogP contribution is -2.39. The third kappa shape index (κ3) is 3.20. The van der Waals surface area contributed by atoms with Gasteiger partial charge in [0.2, 0.25) is 0 Å². The molecule has 0 spiro atoms. The number of amides is 1. The van der Waals surface area contributed by atoms with Crippen LogP contribution in [0.4, 0.5) is 5.82 Å². The normalized spacial score (nSPS) is 22.9. The van der Waals surface area contributed by atoms with E-state index in [0.29, 0.717) is 17.6 Å². The van der Waals surface area contributed by atoms with Gasteiger partial charge in [0.05, 0.1) is 0 Å². The summed E-state index contributed by atoms with van der Waals surface area (Å²) in [5, 5.41) is 7.72. The highest BCUT2D eigenvalue weighted by Crippen LogP contribution is 2.27. The molecule has 1 saturated carbocycles. The van der Waals surface area contributed by atoms with Crippen LogP contribution in [0.5, 0.6) is 0 Å². The molecule has 1 aromatic rings. The number of carbonyl (C=O) groups is 1. The number of hydrogen-bond acceptors (Lipinski definition) is 5. The second kappa shape index (κ2) is 5.97. The van der Waals surface area contributed by atoms with Crippen molar-refractivity contribution in [3.05, 3.63) is 17.8 Å². The van der Waals surface area contributed by atoms with E-state index in [-0.39, 0.29) is 5.91 Å². The number of nitrogen functional groups attached to an aromatic ring is 1.